The van der Waals surface area contributed by atoms with E-state index in [9.17, 15) is 23.1 Å². The number of nitrogens with zero attached hydrogens (tertiary/aromatic N) is 2. The normalized spacial score (nSPS) is 20.7. The smallest absolute Gasteiger partial charge is 0.422 e. The van der Waals surface area contributed by atoms with E-state index in [2.05, 4.69) is 13.8 Å². The lowest BCUT2D eigenvalue weighted by Crippen LogP contribution is -2.35. The second-order valence-electron chi connectivity index (χ2n) is 14.3. The summed E-state index contributed by atoms with van der Waals surface area (Å²) in [5.74, 6) is -0.689. The van der Waals surface area contributed by atoms with E-state index in [4.69, 9.17) is 0 Å². The van der Waals surface area contributed by atoms with Gasteiger partial charge in [0.15, 0.2) is 11.5 Å². The number of anilines is 1. The van der Waals surface area contributed by atoms with Crippen molar-refractivity contribution in [1.82, 2.24) is 0 Å². The van der Waals surface area contributed by atoms with Gasteiger partial charge < -0.3 is 10.0 Å². The lowest BCUT2D eigenvalue weighted by molar-refractivity contribution is -0.441. The van der Waals surface area contributed by atoms with E-state index in [-0.39, 0.29) is 28.6 Å². The Hall–Kier alpha value is -3.68. The molecule has 0 atom stereocenters. The number of halogens is 4. The largest absolute Gasteiger partial charge is 0.871 e. The molecule has 0 radical (unpaired) electrons. The summed E-state index contributed by atoms with van der Waals surface area (Å²) in [7, 11) is 0. The second-order valence-corrected chi connectivity index (χ2v) is 14.3. The molecule has 2 aromatic rings. The van der Waals surface area contributed by atoms with Gasteiger partial charge in [-0.3, -0.25) is 4.79 Å². The van der Waals surface area contributed by atoms with Gasteiger partial charge >= 0.3 is 6.18 Å². The fraction of sp³-hybridized carbons (Fsp3) is 0.459. The van der Waals surface area contributed by atoms with Crippen molar-refractivity contribution in [3.05, 3.63) is 93.7 Å². The standard InChI is InChI=1S/C37H42F4N2O2/c1-21(2)15-17-42-29(35(5,6)25-11-9-13-27(31(25)42)37(39,40)41)19-23-33(44)24(34(23)45)20-30-36(7,8)26-12-10-14-28(38)32(26)43(30)18-16-22(3)4/h9-14,19-22H,15-18H2,1-8H3. The van der Waals surface area contributed by atoms with E-state index in [0.717, 1.165) is 18.1 Å². The van der Waals surface area contributed by atoms with Crippen molar-refractivity contribution >= 4 is 22.9 Å². The van der Waals surface area contributed by atoms with Gasteiger partial charge in [-0.25, -0.2) is 4.39 Å². The van der Waals surface area contributed by atoms with E-state index < -0.39 is 34.1 Å². The number of carbonyl (C=O) groups is 1. The molecule has 1 aliphatic carbocycles. The third-order valence-electron chi connectivity index (χ3n) is 9.48. The highest BCUT2D eigenvalue weighted by Crippen LogP contribution is 2.51. The number of alkyl halides is 3. The van der Waals surface area contributed by atoms with Crippen molar-refractivity contribution < 1.29 is 32.0 Å². The van der Waals surface area contributed by atoms with Crippen LogP contribution in [0.1, 0.15) is 84.9 Å². The highest BCUT2D eigenvalue weighted by molar-refractivity contribution is 6.24. The summed E-state index contributed by atoms with van der Waals surface area (Å²) in [5.41, 5.74) is 0.699. The minimum absolute atomic E-state index is 0.00529. The summed E-state index contributed by atoms with van der Waals surface area (Å²) in [6.45, 7) is 16.6. The van der Waals surface area contributed by atoms with Crippen molar-refractivity contribution in [1.29, 1.82) is 0 Å². The van der Waals surface area contributed by atoms with Gasteiger partial charge in [-0.15, -0.1) is 0 Å². The van der Waals surface area contributed by atoms with Crippen LogP contribution in [0.25, 0.3) is 0 Å². The van der Waals surface area contributed by atoms with Crippen LogP contribution >= 0.6 is 0 Å². The molecule has 5 rings (SSSR count). The van der Waals surface area contributed by atoms with E-state index >= 15 is 4.39 Å². The molecule has 8 heteroatoms. The first-order chi connectivity index (χ1) is 20.9. The Balaban J connectivity index is 1.63. The Morgan fingerprint density at radius 1 is 0.911 bits per heavy atom. The molecule has 3 aliphatic rings. The SMILES string of the molecule is CC(C)CCN1/C(=C/C2=C([O-])C(=C/C3=[N+](CCC(C)C)c4c(C(F)(F)F)cccc4C3(C)C)/C2=O)C(C)(C)c2cccc(F)c21. The number of para-hydroxylation sites is 2. The van der Waals surface area contributed by atoms with Gasteiger partial charge in [0, 0.05) is 46.9 Å². The van der Waals surface area contributed by atoms with Crippen molar-refractivity contribution in [2.45, 2.75) is 85.2 Å². The molecule has 0 spiro atoms. The van der Waals surface area contributed by atoms with Crippen molar-refractivity contribution in [3.8, 4) is 0 Å². The zero-order chi connectivity index (χ0) is 33.2. The number of hydrogen-bond acceptors (Lipinski definition) is 3. The number of ketones is 1. The van der Waals surface area contributed by atoms with Gasteiger partial charge in [-0.05, 0) is 55.9 Å². The zero-order valence-corrected chi connectivity index (χ0v) is 27.3. The highest BCUT2D eigenvalue weighted by Gasteiger charge is 2.51. The lowest BCUT2D eigenvalue weighted by atomic mass is 9.77. The van der Waals surface area contributed by atoms with E-state index in [1.807, 2.05) is 52.5 Å². The van der Waals surface area contributed by atoms with Crippen LogP contribution < -0.4 is 10.0 Å². The van der Waals surface area contributed by atoms with Gasteiger partial charge in [0.05, 0.1) is 11.1 Å². The molecule has 45 heavy (non-hydrogen) atoms. The molecule has 0 aromatic heterocycles. The molecule has 4 nitrogen and oxygen atoms in total. The van der Waals surface area contributed by atoms with Gasteiger partial charge in [0.2, 0.25) is 5.69 Å². The molecule has 0 saturated heterocycles. The fourth-order valence-electron chi connectivity index (χ4n) is 6.78. The molecular formula is C37H42F4N2O2. The summed E-state index contributed by atoms with van der Waals surface area (Å²) in [6.07, 6.45) is -0.0685. The fourth-order valence-corrected chi connectivity index (χ4v) is 6.78. The van der Waals surface area contributed by atoms with Gasteiger partial charge in [-0.1, -0.05) is 71.6 Å². The van der Waals surface area contributed by atoms with Crippen LogP contribution in [0.15, 0.2) is 71.2 Å². The van der Waals surface area contributed by atoms with Gasteiger partial charge in [-0.2, -0.15) is 17.7 Å². The molecule has 2 aliphatic heterocycles. The number of carbonyl (C=O) groups excluding carboxylic acids is 1. The monoisotopic (exact) mass is 622 g/mol. The number of fused-ring (bicyclic) bond motifs is 2. The Bertz CT molecular complexity index is 1690. The summed E-state index contributed by atoms with van der Waals surface area (Å²) in [5, 5.41) is 13.7. The molecular weight excluding hydrogens is 580 g/mol. The minimum Gasteiger partial charge on any atom is -0.871 e. The molecule has 0 N–H and O–H groups in total. The maximum atomic E-state index is 15.2. The molecule has 240 valence electrons. The topological polar surface area (TPSA) is 46.4 Å². The van der Waals surface area contributed by atoms with E-state index in [1.165, 1.54) is 18.2 Å². The second kappa shape index (κ2) is 11.3. The summed E-state index contributed by atoms with van der Waals surface area (Å²) < 4.78 is 59.5. The average Bonchev–Trinajstić information content (AvgIpc) is 3.30. The summed E-state index contributed by atoms with van der Waals surface area (Å²) >= 11 is 0. The zero-order valence-electron chi connectivity index (χ0n) is 27.3. The van der Waals surface area contributed by atoms with Crippen LogP contribution in [0.4, 0.5) is 28.9 Å². The highest BCUT2D eigenvalue weighted by atomic mass is 19.4. The molecule has 2 aromatic carbocycles. The Kier molecular flexibility index (Phi) is 8.20. The van der Waals surface area contributed by atoms with Crippen LogP contribution in [-0.2, 0) is 21.8 Å². The number of Topliss-reactive ketones (excluding diaryl/α,β-unsaturated/α-hetero) is 1. The van der Waals surface area contributed by atoms with Crippen LogP contribution in [0.5, 0.6) is 0 Å². The van der Waals surface area contributed by atoms with Crippen molar-refractivity contribution in [2.75, 3.05) is 18.0 Å². The number of rotatable bonds is 8. The van der Waals surface area contributed by atoms with Gasteiger partial charge in [0.1, 0.15) is 17.9 Å². The Morgan fingerprint density at radius 3 is 2.13 bits per heavy atom. The van der Waals surface area contributed by atoms with Crippen LogP contribution in [-0.4, -0.2) is 29.2 Å². The number of hydrogen-bond donors (Lipinski definition) is 0. The van der Waals surface area contributed by atoms with E-state index in [0.29, 0.717) is 48.1 Å². The van der Waals surface area contributed by atoms with Crippen LogP contribution in [0.2, 0.25) is 0 Å². The maximum Gasteiger partial charge on any atom is 0.422 e. The van der Waals surface area contributed by atoms with Gasteiger partial charge in [0.25, 0.3) is 0 Å². The quantitative estimate of drug-likeness (QED) is 0.170. The summed E-state index contributed by atoms with van der Waals surface area (Å²) in [4.78, 5) is 15.6. The van der Waals surface area contributed by atoms with Crippen molar-refractivity contribution in [3.63, 3.8) is 0 Å². The summed E-state index contributed by atoms with van der Waals surface area (Å²) in [6, 6.07) is 9.14. The predicted molar refractivity (Wildman–Crippen MR) is 168 cm³/mol. The minimum atomic E-state index is -4.57. The first-order valence-electron chi connectivity index (χ1n) is 15.7. The molecule has 0 bridgehead atoms. The molecule has 0 saturated carbocycles. The third-order valence-corrected chi connectivity index (χ3v) is 9.48. The number of benzene rings is 2. The number of allylic oxidation sites excluding steroid dienone is 5. The first kappa shape index (κ1) is 32.7. The molecule has 0 unspecified atom stereocenters. The Labute approximate surface area is 263 Å². The average molecular weight is 623 g/mol. The van der Waals surface area contributed by atoms with Crippen molar-refractivity contribution in [2.24, 2.45) is 11.8 Å². The third kappa shape index (κ3) is 5.44. The van der Waals surface area contributed by atoms with Crippen LogP contribution in [0, 0.1) is 17.7 Å². The Morgan fingerprint density at radius 2 is 1.53 bits per heavy atom. The maximum absolute atomic E-state index is 15.2. The predicted octanol–water partition coefficient (Wildman–Crippen LogP) is 8.12. The lowest BCUT2D eigenvalue weighted by Gasteiger charge is -2.33. The molecule has 0 fully saturated rings. The van der Waals surface area contributed by atoms with Crippen LogP contribution in [0.3, 0.4) is 0 Å². The molecule has 0 amide bonds. The molecule has 2 heterocycles. The first-order valence-corrected chi connectivity index (χ1v) is 15.7. The van der Waals surface area contributed by atoms with E-state index in [1.54, 1.807) is 22.8 Å².